The number of hydrogen-bond acceptors (Lipinski definition) is 5. The molecule has 0 aliphatic carbocycles. The molecule has 3 rings (SSSR count). The molecule has 1 N–H and O–H groups in total. The van der Waals surface area contributed by atoms with Crippen molar-refractivity contribution in [2.24, 2.45) is 0 Å². The van der Waals surface area contributed by atoms with Crippen molar-refractivity contribution in [3.05, 3.63) is 53.8 Å². The maximum Gasteiger partial charge on any atom is 0.241 e. The summed E-state index contributed by atoms with van der Waals surface area (Å²) in [6.07, 6.45) is 1.02. The van der Waals surface area contributed by atoms with Crippen LogP contribution in [0.2, 0.25) is 0 Å². The minimum absolute atomic E-state index is 0.0653. The molecule has 0 fully saturated rings. The Hall–Kier alpha value is -2.81. The van der Waals surface area contributed by atoms with E-state index in [4.69, 9.17) is 9.47 Å². The SMILES string of the molecule is CS(=O)(=O)N(CC(=O)NCc1ccc(F)cc1)c1ccc2c(c1)OCO2. The highest BCUT2D eigenvalue weighted by Gasteiger charge is 2.23. The van der Waals surface area contributed by atoms with Gasteiger partial charge in [-0.1, -0.05) is 12.1 Å². The third-order valence-electron chi connectivity index (χ3n) is 3.73. The molecule has 0 radical (unpaired) electrons. The molecule has 2 aromatic carbocycles. The number of halogens is 1. The first-order valence-electron chi connectivity index (χ1n) is 7.71. The lowest BCUT2D eigenvalue weighted by atomic mass is 10.2. The van der Waals surface area contributed by atoms with E-state index in [0.717, 1.165) is 10.6 Å². The van der Waals surface area contributed by atoms with Crippen molar-refractivity contribution in [2.75, 3.05) is 23.9 Å². The number of carbonyl (C=O) groups excluding carboxylic acids is 1. The Bertz CT molecular complexity index is 915. The molecule has 0 spiro atoms. The number of amides is 1. The largest absolute Gasteiger partial charge is 0.454 e. The Balaban J connectivity index is 1.70. The van der Waals surface area contributed by atoms with Gasteiger partial charge in [-0.2, -0.15) is 0 Å². The van der Waals surface area contributed by atoms with Crippen molar-refractivity contribution < 1.29 is 27.1 Å². The summed E-state index contributed by atoms with van der Waals surface area (Å²) in [5.74, 6) is 0.0781. The first-order valence-corrected chi connectivity index (χ1v) is 9.56. The van der Waals surface area contributed by atoms with Gasteiger partial charge in [-0.15, -0.1) is 0 Å². The molecule has 0 aromatic heterocycles. The van der Waals surface area contributed by atoms with Gasteiger partial charge in [-0.3, -0.25) is 9.10 Å². The Morgan fingerprint density at radius 3 is 2.54 bits per heavy atom. The summed E-state index contributed by atoms with van der Waals surface area (Å²) >= 11 is 0. The predicted octanol–water partition coefficient (Wildman–Crippen LogP) is 1.64. The van der Waals surface area contributed by atoms with E-state index in [1.54, 1.807) is 24.3 Å². The van der Waals surface area contributed by atoms with Gasteiger partial charge in [0.2, 0.25) is 22.7 Å². The molecule has 26 heavy (non-hydrogen) atoms. The molecular formula is C17H17FN2O5S. The molecule has 1 aliphatic rings. The highest BCUT2D eigenvalue weighted by atomic mass is 32.2. The molecule has 0 saturated heterocycles. The van der Waals surface area contributed by atoms with Gasteiger partial charge in [0.15, 0.2) is 11.5 Å². The quantitative estimate of drug-likeness (QED) is 0.824. The Morgan fingerprint density at radius 2 is 1.85 bits per heavy atom. The van der Waals surface area contributed by atoms with Crippen LogP contribution in [0.5, 0.6) is 11.5 Å². The standard InChI is InChI=1S/C17H17FN2O5S/c1-26(22,23)20(14-6-7-15-16(8-14)25-11-24-15)10-17(21)19-9-12-2-4-13(18)5-3-12/h2-8H,9-11H2,1H3,(H,19,21). The molecule has 1 amide bonds. The average Bonchev–Trinajstić information content (AvgIpc) is 3.06. The summed E-state index contributed by atoms with van der Waals surface area (Å²) < 4.78 is 48.5. The fraction of sp³-hybridized carbons (Fsp3) is 0.235. The van der Waals surface area contributed by atoms with Gasteiger partial charge >= 0.3 is 0 Å². The van der Waals surface area contributed by atoms with E-state index in [1.807, 2.05) is 0 Å². The number of ether oxygens (including phenoxy) is 2. The van der Waals surface area contributed by atoms with E-state index in [2.05, 4.69) is 5.32 Å². The first kappa shape index (κ1) is 18.0. The van der Waals surface area contributed by atoms with Gasteiger partial charge in [0.05, 0.1) is 11.9 Å². The minimum Gasteiger partial charge on any atom is -0.454 e. The van der Waals surface area contributed by atoms with Gasteiger partial charge < -0.3 is 14.8 Å². The van der Waals surface area contributed by atoms with E-state index >= 15 is 0 Å². The highest BCUT2D eigenvalue weighted by Crippen LogP contribution is 2.36. The number of rotatable bonds is 6. The van der Waals surface area contributed by atoms with Crippen molar-refractivity contribution in [3.8, 4) is 11.5 Å². The molecule has 2 aromatic rings. The maximum atomic E-state index is 12.9. The van der Waals surface area contributed by atoms with E-state index in [0.29, 0.717) is 22.7 Å². The molecule has 0 atom stereocenters. The van der Waals surface area contributed by atoms with Crippen LogP contribution < -0.4 is 19.1 Å². The monoisotopic (exact) mass is 380 g/mol. The highest BCUT2D eigenvalue weighted by molar-refractivity contribution is 7.92. The van der Waals surface area contributed by atoms with Crippen LogP contribution in [-0.2, 0) is 21.4 Å². The number of hydrogen-bond donors (Lipinski definition) is 1. The van der Waals surface area contributed by atoms with Crippen LogP contribution in [0.4, 0.5) is 10.1 Å². The predicted molar refractivity (Wildman–Crippen MR) is 93.0 cm³/mol. The third-order valence-corrected chi connectivity index (χ3v) is 4.88. The lowest BCUT2D eigenvalue weighted by Crippen LogP contribution is -2.40. The molecule has 0 unspecified atom stereocenters. The number of carbonyl (C=O) groups is 1. The van der Waals surface area contributed by atoms with Crippen LogP contribution in [0.1, 0.15) is 5.56 Å². The average molecular weight is 380 g/mol. The van der Waals surface area contributed by atoms with Crippen LogP contribution in [0.25, 0.3) is 0 Å². The number of benzene rings is 2. The second kappa shape index (κ2) is 7.20. The number of anilines is 1. The molecule has 1 heterocycles. The topological polar surface area (TPSA) is 84.9 Å². The lowest BCUT2D eigenvalue weighted by molar-refractivity contribution is -0.119. The number of sulfonamides is 1. The Morgan fingerprint density at radius 1 is 1.15 bits per heavy atom. The van der Waals surface area contributed by atoms with Crippen molar-refractivity contribution in [3.63, 3.8) is 0 Å². The van der Waals surface area contributed by atoms with Crippen LogP contribution in [0.3, 0.4) is 0 Å². The second-order valence-corrected chi connectivity index (χ2v) is 7.62. The van der Waals surface area contributed by atoms with Crippen molar-refractivity contribution in [1.29, 1.82) is 0 Å². The zero-order valence-corrected chi connectivity index (χ0v) is 14.8. The van der Waals surface area contributed by atoms with Gasteiger partial charge in [0, 0.05) is 12.6 Å². The van der Waals surface area contributed by atoms with Crippen LogP contribution in [0.15, 0.2) is 42.5 Å². The second-order valence-electron chi connectivity index (χ2n) is 5.71. The molecule has 7 nitrogen and oxygen atoms in total. The summed E-state index contributed by atoms with van der Waals surface area (Å²) in [5, 5.41) is 2.62. The third kappa shape index (κ3) is 4.23. The Kier molecular flexibility index (Phi) is 4.99. The van der Waals surface area contributed by atoms with Gasteiger partial charge in [-0.25, -0.2) is 12.8 Å². The van der Waals surface area contributed by atoms with Crippen molar-refractivity contribution >= 4 is 21.6 Å². The lowest BCUT2D eigenvalue weighted by Gasteiger charge is -2.22. The van der Waals surface area contributed by atoms with Crippen LogP contribution >= 0.6 is 0 Å². The number of nitrogens with one attached hydrogen (secondary N) is 1. The van der Waals surface area contributed by atoms with E-state index < -0.39 is 15.9 Å². The number of fused-ring (bicyclic) bond motifs is 1. The summed E-state index contributed by atoms with van der Waals surface area (Å²) in [4.78, 5) is 12.2. The van der Waals surface area contributed by atoms with E-state index in [1.165, 1.54) is 18.2 Å². The normalized spacial score (nSPS) is 12.7. The molecule has 1 aliphatic heterocycles. The van der Waals surface area contributed by atoms with Crippen LogP contribution in [0, 0.1) is 5.82 Å². The van der Waals surface area contributed by atoms with E-state index in [9.17, 15) is 17.6 Å². The summed E-state index contributed by atoms with van der Waals surface area (Å²) in [6, 6.07) is 10.3. The maximum absolute atomic E-state index is 12.9. The summed E-state index contributed by atoms with van der Waals surface area (Å²) in [7, 11) is -3.69. The molecule has 9 heteroatoms. The van der Waals surface area contributed by atoms with Crippen molar-refractivity contribution in [2.45, 2.75) is 6.54 Å². The fourth-order valence-corrected chi connectivity index (χ4v) is 3.28. The number of nitrogens with zero attached hydrogens (tertiary/aromatic N) is 1. The van der Waals surface area contributed by atoms with E-state index in [-0.39, 0.29) is 25.7 Å². The zero-order chi connectivity index (χ0) is 18.7. The summed E-state index contributed by atoms with van der Waals surface area (Å²) in [6.45, 7) is -0.159. The summed E-state index contributed by atoms with van der Waals surface area (Å²) in [5.41, 5.74) is 1.00. The first-order chi connectivity index (χ1) is 12.3. The fourth-order valence-electron chi connectivity index (χ4n) is 2.43. The van der Waals surface area contributed by atoms with Crippen molar-refractivity contribution in [1.82, 2.24) is 5.32 Å². The minimum atomic E-state index is -3.69. The molecule has 138 valence electrons. The van der Waals surface area contributed by atoms with Gasteiger partial charge in [-0.05, 0) is 29.8 Å². The van der Waals surface area contributed by atoms with Crippen LogP contribution in [-0.4, -0.2) is 33.9 Å². The van der Waals surface area contributed by atoms with Gasteiger partial charge in [0.1, 0.15) is 12.4 Å². The molecule has 0 saturated carbocycles. The molecule has 0 bridgehead atoms. The smallest absolute Gasteiger partial charge is 0.241 e. The Labute approximate surface area is 150 Å². The zero-order valence-electron chi connectivity index (χ0n) is 13.9. The molecular weight excluding hydrogens is 363 g/mol. The van der Waals surface area contributed by atoms with Gasteiger partial charge in [0.25, 0.3) is 0 Å².